The first-order valence-electron chi connectivity index (χ1n) is 9.51. The van der Waals surface area contributed by atoms with Crippen LogP contribution in [0.15, 0.2) is 30.3 Å². The number of hydrogen-bond acceptors (Lipinski definition) is 4. The third kappa shape index (κ3) is 2.81. The second-order valence-electron chi connectivity index (χ2n) is 6.93. The Morgan fingerprint density at radius 3 is 2.58 bits per heavy atom. The number of nitrogens with zero attached hydrogens (tertiary/aromatic N) is 3. The molecule has 136 valence electrons. The summed E-state index contributed by atoms with van der Waals surface area (Å²) < 4.78 is 7.46. The zero-order valence-corrected chi connectivity index (χ0v) is 15.5. The monoisotopic (exact) mass is 351 g/mol. The minimum Gasteiger partial charge on any atom is -0.462 e. The molecule has 5 nitrogen and oxygen atoms in total. The van der Waals surface area contributed by atoms with Crippen molar-refractivity contribution >= 4 is 33.7 Å². The van der Waals surface area contributed by atoms with E-state index in [0.29, 0.717) is 12.2 Å². The summed E-state index contributed by atoms with van der Waals surface area (Å²) >= 11 is 0. The fraction of sp³-hybridized carbons (Fsp3) is 0.429. The summed E-state index contributed by atoms with van der Waals surface area (Å²) in [7, 11) is 2.04. The van der Waals surface area contributed by atoms with Gasteiger partial charge in [0.2, 0.25) is 0 Å². The lowest BCUT2D eigenvalue weighted by molar-refractivity contribution is 0.0527. The average Bonchev–Trinajstić information content (AvgIpc) is 2.84. The van der Waals surface area contributed by atoms with Crippen LogP contribution in [0.2, 0.25) is 0 Å². The summed E-state index contributed by atoms with van der Waals surface area (Å²) in [6, 6.07) is 10.2. The third-order valence-electron chi connectivity index (χ3n) is 5.26. The molecule has 1 aliphatic rings. The minimum atomic E-state index is -0.283. The van der Waals surface area contributed by atoms with Crippen molar-refractivity contribution < 1.29 is 9.53 Å². The molecule has 0 saturated carbocycles. The van der Waals surface area contributed by atoms with Gasteiger partial charge in [0.15, 0.2) is 0 Å². The molecule has 3 aromatic rings. The number of benzene rings is 1. The van der Waals surface area contributed by atoms with Crippen LogP contribution < -0.4 is 4.90 Å². The smallest absolute Gasteiger partial charge is 0.341 e. The van der Waals surface area contributed by atoms with Crippen molar-refractivity contribution in [1.82, 2.24) is 9.55 Å². The maximum Gasteiger partial charge on any atom is 0.341 e. The van der Waals surface area contributed by atoms with Crippen molar-refractivity contribution in [2.24, 2.45) is 7.05 Å². The summed E-state index contributed by atoms with van der Waals surface area (Å²) in [6.07, 6.45) is 4.75. The molecule has 3 heterocycles. The maximum atomic E-state index is 12.7. The van der Waals surface area contributed by atoms with Crippen LogP contribution in [-0.2, 0) is 11.8 Å². The average molecular weight is 351 g/mol. The molecule has 0 atom stereocenters. The first kappa shape index (κ1) is 16.9. The molecule has 1 aliphatic heterocycles. The largest absolute Gasteiger partial charge is 0.462 e. The van der Waals surface area contributed by atoms with E-state index >= 15 is 0 Å². The zero-order valence-electron chi connectivity index (χ0n) is 15.5. The van der Waals surface area contributed by atoms with Crippen molar-refractivity contribution in [2.75, 3.05) is 24.6 Å². The van der Waals surface area contributed by atoms with Crippen molar-refractivity contribution in [3.63, 3.8) is 0 Å². The van der Waals surface area contributed by atoms with Gasteiger partial charge in [0.05, 0.1) is 12.1 Å². The zero-order chi connectivity index (χ0) is 18.1. The highest BCUT2D eigenvalue weighted by molar-refractivity contribution is 6.10. The van der Waals surface area contributed by atoms with Crippen LogP contribution in [0.1, 0.15) is 43.0 Å². The number of carbonyl (C=O) groups excluding carboxylic acids is 1. The van der Waals surface area contributed by atoms with E-state index in [1.54, 1.807) is 0 Å². The number of anilines is 1. The van der Waals surface area contributed by atoms with Crippen LogP contribution in [0, 0.1) is 0 Å². The predicted octanol–water partition coefficient (Wildman–Crippen LogP) is 4.28. The Hall–Kier alpha value is -2.56. The van der Waals surface area contributed by atoms with Gasteiger partial charge in [-0.15, -0.1) is 0 Å². The first-order chi connectivity index (χ1) is 12.7. The van der Waals surface area contributed by atoms with E-state index in [1.807, 2.05) is 32.2 Å². The van der Waals surface area contributed by atoms with Crippen LogP contribution >= 0.6 is 0 Å². The summed E-state index contributed by atoms with van der Waals surface area (Å²) in [5, 5.41) is 2.12. The Morgan fingerprint density at radius 1 is 1.12 bits per heavy atom. The molecule has 1 aromatic carbocycles. The van der Waals surface area contributed by atoms with Gasteiger partial charge in [0, 0.05) is 30.9 Å². The van der Waals surface area contributed by atoms with Crippen LogP contribution in [-0.4, -0.2) is 35.2 Å². The Kier molecular flexibility index (Phi) is 4.53. The van der Waals surface area contributed by atoms with E-state index < -0.39 is 0 Å². The quantitative estimate of drug-likeness (QED) is 0.661. The molecule has 1 fully saturated rings. The molecule has 5 heteroatoms. The van der Waals surface area contributed by atoms with E-state index in [0.717, 1.165) is 53.7 Å². The lowest BCUT2D eigenvalue weighted by Crippen LogP contribution is -2.27. The van der Waals surface area contributed by atoms with Gasteiger partial charge in [0.25, 0.3) is 0 Å². The van der Waals surface area contributed by atoms with Gasteiger partial charge in [-0.25, -0.2) is 9.78 Å². The fourth-order valence-electron chi connectivity index (χ4n) is 3.94. The van der Waals surface area contributed by atoms with Gasteiger partial charge in [-0.1, -0.05) is 31.0 Å². The lowest BCUT2D eigenvalue weighted by Gasteiger charge is -2.23. The number of esters is 1. The van der Waals surface area contributed by atoms with E-state index in [9.17, 15) is 4.79 Å². The van der Waals surface area contributed by atoms with Gasteiger partial charge >= 0.3 is 5.97 Å². The van der Waals surface area contributed by atoms with E-state index in [2.05, 4.69) is 21.6 Å². The molecule has 0 unspecified atom stereocenters. The topological polar surface area (TPSA) is 47.4 Å². The fourth-order valence-corrected chi connectivity index (χ4v) is 3.94. The van der Waals surface area contributed by atoms with E-state index in [-0.39, 0.29) is 5.97 Å². The number of aromatic nitrogens is 2. The molecule has 26 heavy (non-hydrogen) atoms. The van der Waals surface area contributed by atoms with Crippen molar-refractivity contribution in [2.45, 2.75) is 32.6 Å². The molecule has 0 bridgehead atoms. The van der Waals surface area contributed by atoms with Gasteiger partial charge in [-0.05, 0) is 31.9 Å². The van der Waals surface area contributed by atoms with Crippen LogP contribution in [0.5, 0.6) is 0 Å². The molecular formula is C21H25N3O2. The number of aryl methyl sites for hydroxylation is 1. The van der Waals surface area contributed by atoms with E-state index in [4.69, 9.17) is 9.72 Å². The van der Waals surface area contributed by atoms with Gasteiger partial charge in [-0.2, -0.15) is 0 Å². The predicted molar refractivity (Wildman–Crippen MR) is 105 cm³/mol. The molecule has 0 radical (unpaired) electrons. The third-order valence-corrected chi connectivity index (χ3v) is 5.26. The van der Waals surface area contributed by atoms with Crippen molar-refractivity contribution in [3.8, 4) is 0 Å². The highest BCUT2D eigenvalue weighted by atomic mass is 16.5. The van der Waals surface area contributed by atoms with Crippen molar-refractivity contribution in [3.05, 3.63) is 35.9 Å². The lowest BCUT2D eigenvalue weighted by atomic mass is 10.1. The molecular weight excluding hydrogens is 326 g/mol. The summed E-state index contributed by atoms with van der Waals surface area (Å²) in [4.78, 5) is 19.9. The summed E-state index contributed by atoms with van der Waals surface area (Å²) in [6.45, 7) is 4.09. The molecule has 0 amide bonds. The molecule has 2 aromatic heterocycles. The molecule has 0 N–H and O–H groups in total. The summed E-state index contributed by atoms with van der Waals surface area (Å²) in [5.74, 6) is 0.484. The normalized spacial score (nSPS) is 15.4. The summed E-state index contributed by atoms with van der Waals surface area (Å²) in [5.41, 5.74) is 2.62. The Bertz CT molecular complexity index is 953. The maximum absolute atomic E-state index is 12.7. The number of fused-ring (bicyclic) bond motifs is 3. The second kappa shape index (κ2) is 6.98. The first-order valence-corrected chi connectivity index (χ1v) is 9.51. The highest BCUT2D eigenvalue weighted by Crippen LogP contribution is 2.32. The van der Waals surface area contributed by atoms with Crippen molar-refractivity contribution in [1.29, 1.82) is 0 Å². The Balaban J connectivity index is 1.95. The number of pyridine rings is 1. The molecule has 0 spiro atoms. The van der Waals surface area contributed by atoms with E-state index in [1.165, 1.54) is 12.8 Å². The molecule has 0 aliphatic carbocycles. The Labute approximate surface area is 153 Å². The Morgan fingerprint density at radius 2 is 1.85 bits per heavy atom. The number of carbonyl (C=O) groups is 1. The number of hydrogen-bond donors (Lipinski definition) is 0. The van der Waals surface area contributed by atoms with Gasteiger partial charge in [0.1, 0.15) is 17.0 Å². The van der Waals surface area contributed by atoms with Gasteiger partial charge in [-0.3, -0.25) is 0 Å². The number of para-hydroxylation sites is 1. The minimum absolute atomic E-state index is 0.283. The second-order valence-corrected chi connectivity index (χ2v) is 6.93. The standard InChI is InChI=1S/C21H25N3O2/c1-3-26-21(25)17-14-16-15-10-6-7-11-18(15)23(2)19(16)22-20(17)24-12-8-4-5-9-13-24/h6-7,10-11,14H,3-5,8-9,12-13H2,1-2H3. The van der Waals surface area contributed by atoms with Gasteiger partial charge < -0.3 is 14.2 Å². The molecule has 1 saturated heterocycles. The highest BCUT2D eigenvalue weighted by Gasteiger charge is 2.23. The van der Waals surface area contributed by atoms with Crippen LogP contribution in [0.3, 0.4) is 0 Å². The number of rotatable bonds is 3. The number of ether oxygens (including phenoxy) is 1. The van der Waals surface area contributed by atoms with Crippen LogP contribution in [0.25, 0.3) is 21.9 Å². The molecule has 4 rings (SSSR count). The SMILES string of the molecule is CCOC(=O)c1cc2c3ccccc3n(C)c2nc1N1CCCCCC1. The van der Waals surface area contributed by atoms with Crippen LogP contribution in [0.4, 0.5) is 5.82 Å².